The molecular formula is C19H21NO4S. The quantitative estimate of drug-likeness (QED) is 0.770. The number of hydrogen-bond donors (Lipinski definition) is 0. The summed E-state index contributed by atoms with van der Waals surface area (Å²) in [4.78, 5) is 14.4. The molecule has 1 atom stereocenters. The van der Waals surface area contributed by atoms with Crippen molar-refractivity contribution >= 4 is 21.7 Å². The Morgan fingerprint density at radius 2 is 1.72 bits per heavy atom. The molecule has 6 heteroatoms. The average Bonchev–Trinajstić information content (AvgIpc) is 2.79. The number of rotatable bonds is 5. The van der Waals surface area contributed by atoms with Crippen LogP contribution in [0.5, 0.6) is 5.75 Å². The minimum atomic E-state index is -3.95. The van der Waals surface area contributed by atoms with Crippen LogP contribution in [-0.4, -0.2) is 27.1 Å². The Labute approximate surface area is 148 Å². The molecule has 25 heavy (non-hydrogen) atoms. The molecule has 132 valence electrons. The molecular weight excluding hydrogens is 338 g/mol. The lowest BCUT2D eigenvalue weighted by Crippen LogP contribution is -2.44. The van der Waals surface area contributed by atoms with Gasteiger partial charge in [0.15, 0.2) is 0 Å². The molecule has 0 saturated carbocycles. The fourth-order valence-electron chi connectivity index (χ4n) is 3.37. The third kappa shape index (κ3) is 3.02. The molecule has 5 nitrogen and oxygen atoms in total. The summed E-state index contributed by atoms with van der Waals surface area (Å²) >= 11 is 0. The number of hydrogen-bond acceptors (Lipinski definition) is 4. The Morgan fingerprint density at radius 1 is 1.08 bits per heavy atom. The maximum atomic E-state index is 12.9. The van der Waals surface area contributed by atoms with E-state index in [4.69, 9.17) is 4.18 Å². The van der Waals surface area contributed by atoms with Crippen LogP contribution in [0.4, 0.5) is 5.69 Å². The van der Waals surface area contributed by atoms with E-state index in [0.717, 1.165) is 16.8 Å². The highest BCUT2D eigenvalue weighted by molar-refractivity contribution is 7.87. The van der Waals surface area contributed by atoms with Crippen LogP contribution in [0.2, 0.25) is 0 Å². The molecule has 3 rings (SSSR count). The summed E-state index contributed by atoms with van der Waals surface area (Å²) in [7, 11) is -2.28. The lowest BCUT2D eigenvalue weighted by atomic mass is 9.81. The van der Waals surface area contributed by atoms with Gasteiger partial charge >= 0.3 is 10.1 Å². The smallest absolute Gasteiger partial charge is 0.310 e. The van der Waals surface area contributed by atoms with E-state index in [1.165, 1.54) is 4.90 Å². The number of likely N-dealkylation sites (N-methyl/N-ethyl adjacent to an activating group) is 1. The van der Waals surface area contributed by atoms with Gasteiger partial charge in [-0.1, -0.05) is 42.8 Å². The van der Waals surface area contributed by atoms with Gasteiger partial charge in [-0.25, -0.2) is 0 Å². The first-order chi connectivity index (χ1) is 11.8. The third-order valence-corrected chi connectivity index (χ3v) is 6.06. The summed E-state index contributed by atoms with van der Waals surface area (Å²) in [5, 5.41) is 0. The molecule has 0 N–H and O–H groups in total. The second-order valence-corrected chi connectivity index (χ2v) is 7.99. The van der Waals surface area contributed by atoms with E-state index in [1.54, 1.807) is 31.3 Å². The lowest BCUT2D eigenvalue weighted by Gasteiger charge is -2.26. The van der Waals surface area contributed by atoms with Gasteiger partial charge in [0.05, 0.1) is 5.41 Å². The van der Waals surface area contributed by atoms with Crippen molar-refractivity contribution in [3.8, 4) is 5.75 Å². The predicted molar refractivity (Wildman–Crippen MR) is 97.4 cm³/mol. The molecule has 2 aromatic rings. The van der Waals surface area contributed by atoms with Crippen LogP contribution in [0.25, 0.3) is 0 Å². The Bertz CT molecular complexity index is 905. The molecule has 0 fully saturated rings. The number of para-hydroxylation sites is 1. The molecule has 0 bridgehead atoms. The first kappa shape index (κ1) is 17.5. The molecule has 0 saturated heterocycles. The fourth-order valence-corrected chi connectivity index (χ4v) is 4.92. The summed E-state index contributed by atoms with van der Waals surface area (Å²) in [5.74, 6) is -0.346. The van der Waals surface area contributed by atoms with E-state index >= 15 is 0 Å². The van der Waals surface area contributed by atoms with Gasteiger partial charge in [-0.2, -0.15) is 8.42 Å². The van der Waals surface area contributed by atoms with Crippen molar-refractivity contribution in [2.45, 2.75) is 25.7 Å². The topological polar surface area (TPSA) is 63.7 Å². The standard InChI is InChI=1S/C19H21NO4S/c1-4-19(16-7-5-6-8-17(16)20(3)18(19)21)13-25(22,23)24-15-11-9-14(2)10-12-15/h5-12H,4,13H2,1-3H3. The van der Waals surface area contributed by atoms with Crippen LogP contribution in [0, 0.1) is 6.92 Å². The van der Waals surface area contributed by atoms with Gasteiger partial charge in [-0.05, 0) is 37.1 Å². The van der Waals surface area contributed by atoms with Gasteiger partial charge in [0, 0.05) is 12.7 Å². The van der Waals surface area contributed by atoms with E-state index in [1.807, 2.05) is 38.1 Å². The van der Waals surface area contributed by atoms with Gasteiger partial charge in [0.25, 0.3) is 0 Å². The first-order valence-electron chi connectivity index (χ1n) is 8.15. The minimum absolute atomic E-state index is 0.215. The monoisotopic (exact) mass is 359 g/mol. The Hall–Kier alpha value is -2.34. The van der Waals surface area contributed by atoms with Crippen molar-refractivity contribution < 1.29 is 17.4 Å². The number of nitrogens with zero attached hydrogens (tertiary/aromatic N) is 1. The minimum Gasteiger partial charge on any atom is -0.382 e. The maximum Gasteiger partial charge on any atom is 0.310 e. The highest BCUT2D eigenvalue weighted by atomic mass is 32.2. The molecule has 0 spiro atoms. The molecule has 1 aliphatic rings. The second-order valence-electron chi connectivity index (χ2n) is 6.42. The van der Waals surface area contributed by atoms with Crippen molar-refractivity contribution in [2.75, 3.05) is 17.7 Å². The van der Waals surface area contributed by atoms with E-state index in [2.05, 4.69) is 0 Å². The van der Waals surface area contributed by atoms with Crippen molar-refractivity contribution in [1.82, 2.24) is 0 Å². The maximum absolute atomic E-state index is 12.9. The first-order valence-corrected chi connectivity index (χ1v) is 9.73. The third-order valence-electron chi connectivity index (χ3n) is 4.77. The Balaban J connectivity index is 1.96. The van der Waals surface area contributed by atoms with Crippen molar-refractivity contribution in [2.24, 2.45) is 0 Å². The Morgan fingerprint density at radius 3 is 2.36 bits per heavy atom. The summed E-state index contributed by atoms with van der Waals surface area (Å²) in [5.41, 5.74) is 1.38. The summed E-state index contributed by atoms with van der Waals surface area (Å²) < 4.78 is 30.6. The van der Waals surface area contributed by atoms with Gasteiger partial charge in [0.1, 0.15) is 11.5 Å². The van der Waals surface area contributed by atoms with Crippen molar-refractivity contribution in [3.05, 3.63) is 59.7 Å². The van der Waals surface area contributed by atoms with Crippen molar-refractivity contribution in [1.29, 1.82) is 0 Å². The SMILES string of the molecule is CCC1(CS(=O)(=O)Oc2ccc(C)cc2)C(=O)N(C)c2ccccc21. The highest BCUT2D eigenvalue weighted by Gasteiger charge is 2.51. The van der Waals surface area contributed by atoms with Crippen LogP contribution in [-0.2, 0) is 20.3 Å². The largest absolute Gasteiger partial charge is 0.382 e. The molecule has 2 aromatic carbocycles. The molecule has 1 aliphatic heterocycles. The molecule has 1 amide bonds. The highest BCUT2D eigenvalue weighted by Crippen LogP contribution is 2.44. The lowest BCUT2D eigenvalue weighted by molar-refractivity contribution is -0.122. The fraction of sp³-hybridized carbons (Fsp3) is 0.316. The summed E-state index contributed by atoms with van der Waals surface area (Å²) in [6.07, 6.45) is 0.379. The number of aryl methyl sites for hydroxylation is 1. The molecule has 0 aliphatic carbocycles. The van der Waals surface area contributed by atoms with Gasteiger partial charge in [0.2, 0.25) is 5.91 Å². The zero-order chi connectivity index (χ0) is 18.2. The molecule has 0 radical (unpaired) electrons. The summed E-state index contributed by atoms with van der Waals surface area (Å²) in [6, 6.07) is 14.1. The van der Waals surface area contributed by atoms with E-state index in [9.17, 15) is 13.2 Å². The predicted octanol–water partition coefficient (Wildman–Crippen LogP) is 3.03. The van der Waals surface area contributed by atoms with Crippen LogP contribution < -0.4 is 9.08 Å². The summed E-state index contributed by atoms with van der Waals surface area (Å²) in [6.45, 7) is 3.74. The number of anilines is 1. The number of amides is 1. The number of fused-ring (bicyclic) bond motifs is 1. The zero-order valence-electron chi connectivity index (χ0n) is 14.5. The van der Waals surface area contributed by atoms with Gasteiger partial charge < -0.3 is 9.08 Å². The Kier molecular flexibility index (Phi) is 4.33. The van der Waals surface area contributed by atoms with Gasteiger partial charge in [-0.3, -0.25) is 4.79 Å². The second kappa shape index (κ2) is 6.19. The van der Waals surface area contributed by atoms with Crippen LogP contribution in [0.1, 0.15) is 24.5 Å². The number of carbonyl (C=O) groups excluding carboxylic acids is 1. The molecule has 1 unspecified atom stereocenters. The van der Waals surface area contributed by atoms with E-state index in [0.29, 0.717) is 6.42 Å². The number of benzene rings is 2. The van der Waals surface area contributed by atoms with Crippen LogP contribution in [0.15, 0.2) is 48.5 Å². The van der Waals surface area contributed by atoms with E-state index in [-0.39, 0.29) is 17.4 Å². The van der Waals surface area contributed by atoms with E-state index < -0.39 is 15.5 Å². The van der Waals surface area contributed by atoms with Crippen molar-refractivity contribution in [3.63, 3.8) is 0 Å². The average molecular weight is 359 g/mol. The van der Waals surface area contributed by atoms with Crippen LogP contribution in [0.3, 0.4) is 0 Å². The zero-order valence-corrected chi connectivity index (χ0v) is 15.3. The van der Waals surface area contributed by atoms with Gasteiger partial charge in [-0.15, -0.1) is 0 Å². The number of carbonyl (C=O) groups is 1. The normalized spacial score (nSPS) is 19.8. The van der Waals surface area contributed by atoms with Crippen LogP contribution >= 0.6 is 0 Å². The molecule has 0 aromatic heterocycles. The molecule has 1 heterocycles.